The molecular formula is C10H10O4. The number of carbonyl (C=O) groups excluding carboxylic acids is 2. The molecule has 0 saturated heterocycles. The standard InChI is InChI=1S/C10H10O4/c1-13-10(12)14-9-4-2-8(3-5-9)6-7-11/h2-5,7H,6H2,1H3. The Bertz CT molecular complexity index is 315. The van der Waals surface area contributed by atoms with Crippen LogP contribution in [0.3, 0.4) is 0 Å². The first-order chi connectivity index (χ1) is 6.76. The molecule has 0 aliphatic heterocycles. The summed E-state index contributed by atoms with van der Waals surface area (Å²) in [5.41, 5.74) is 0.872. The van der Waals surface area contributed by atoms with Gasteiger partial charge in [0.15, 0.2) is 0 Å². The van der Waals surface area contributed by atoms with Crippen LogP contribution < -0.4 is 4.74 Å². The smallest absolute Gasteiger partial charge is 0.437 e. The molecule has 0 heterocycles. The Morgan fingerprint density at radius 1 is 1.36 bits per heavy atom. The number of rotatable bonds is 3. The Morgan fingerprint density at radius 2 is 2.00 bits per heavy atom. The second kappa shape index (κ2) is 5.01. The van der Waals surface area contributed by atoms with Crippen molar-refractivity contribution in [1.82, 2.24) is 0 Å². The summed E-state index contributed by atoms with van der Waals surface area (Å²) >= 11 is 0. The van der Waals surface area contributed by atoms with E-state index in [4.69, 9.17) is 4.74 Å². The maximum atomic E-state index is 10.7. The van der Waals surface area contributed by atoms with Gasteiger partial charge < -0.3 is 14.3 Å². The van der Waals surface area contributed by atoms with Crippen LogP contribution >= 0.6 is 0 Å². The van der Waals surface area contributed by atoms with E-state index in [1.165, 1.54) is 7.11 Å². The van der Waals surface area contributed by atoms with Crippen LogP contribution in [0.2, 0.25) is 0 Å². The summed E-state index contributed by atoms with van der Waals surface area (Å²) in [4.78, 5) is 20.9. The van der Waals surface area contributed by atoms with Crippen molar-refractivity contribution in [3.63, 3.8) is 0 Å². The van der Waals surface area contributed by atoms with Gasteiger partial charge in [0, 0.05) is 6.42 Å². The fraction of sp³-hybridized carbons (Fsp3) is 0.200. The van der Waals surface area contributed by atoms with Gasteiger partial charge in [-0.05, 0) is 17.7 Å². The summed E-state index contributed by atoms with van der Waals surface area (Å²) in [7, 11) is 1.24. The number of benzene rings is 1. The fourth-order valence-corrected chi connectivity index (χ4v) is 0.928. The summed E-state index contributed by atoms with van der Waals surface area (Å²) in [5.74, 6) is 0.395. The largest absolute Gasteiger partial charge is 0.513 e. The van der Waals surface area contributed by atoms with Crippen LogP contribution in [0.15, 0.2) is 24.3 Å². The summed E-state index contributed by atoms with van der Waals surface area (Å²) in [6.07, 6.45) is 0.419. The molecule has 0 amide bonds. The maximum absolute atomic E-state index is 10.7. The summed E-state index contributed by atoms with van der Waals surface area (Å²) in [6.45, 7) is 0. The third kappa shape index (κ3) is 2.90. The second-order valence-electron chi connectivity index (χ2n) is 2.57. The van der Waals surface area contributed by atoms with Crippen LogP contribution in [0.1, 0.15) is 5.56 Å². The molecule has 0 aliphatic carbocycles. The quantitative estimate of drug-likeness (QED) is 0.416. The van der Waals surface area contributed by atoms with Gasteiger partial charge in [-0.1, -0.05) is 12.1 Å². The van der Waals surface area contributed by atoms with Crippen LogP contribution in [0, 0.1) is 0 Å². The molecule has 0 atom stereocenters. The molecule has 0 aromatic heterocycles. The SMILES string of the molecule is COC(=O)Oc1ccc(CC=O)cc1. The topological polar surface area (TPSA) is 52.6 Å². The zero-order chi connectivity index (χ0) is 10.4. The first-order valence-corrected chi connectivity index (χ1v) is 4.04. The van der Waals surface area contributed by atoms with Gasteiger partial charge in [0.1, 0.15) is 12.0 Å². The number of aldehydes is 1. The third-order valence-corrected chi connectivity index (χ3v) is 1.61. The zero-order valence-electron chi connectivity index (χ0n) is 7.73. The molecule has 0 bridgehead atoms. The van der Waals surface area contributed by atoms with Gasteiger partial charge in [-0.3, -0.25) is 0 Å². The monoisotopic (exact) mass is 194 g/mol. The van der Waals surface area contributed by atoms with E-state index in [2.05, 4.69) is 4.74 Å². The van der Waals surface area contributed by atoms with E-state index >= 15 is 0 Å². The molecule has 0 N–H and O–H groups in total. The molecule has 0 aliphatic rings. The molecule has 0 spiro atoms. The molecule has 4 nitrogen and oxygen atoms in total. The molecule has 0 fully saturated rings. The van der Waals surface area contributed by atoms with E-state index in [0.29, 0.717) is 12.2 Å². The minimum Gasteiger partial charge on any atom is -0.437 e. The van der Waals surface area contributed by atoms with E-state index < -0.39 is 6.16 Å². The number of methoxy groups -OCH3 is 1. The molecule has 0 radical (unpaired) electrons. The molecule has 0 saturated carbocycles. The molecule has 1 rings (SSSR count). The third-order valence-electron chi connectivity index (χ3n) is 1.61. The zero-order valence-corrected chi connectivity index (χ0v) is 7.73. The van der Waals surface area contributed by atoms with Crippen LogP contribution in [-0.4, -0.2) is 19.6 Å². The lowest BCUT2D eigenvalue weighted by Crippen LogP contribution is -2.07. The van der Waals surface area contributed by atoms with Gasteiger partial charge in [-0.2, -0.15) is 0 Å². The van der Waals surface area contributed by atoms with Crippen LogP contribution in [0.4, 0.5) is 4.79 Å². The Balaban J connectivity index is 2.63. The van der Waals surface area contributed by atoms with Gasteiger partial charge >= 0.3 is 6.16 Å². The van der Waals surface area contributed by atoms with E-state index in [1.807, 2.05) is 0 Å². The van der Waals surface area contributed by atoms with Crippen LogP contribution in [-0.2, 0) is 16.0 Å². The van der Waals surface area contributed by atoms with Gasteiger partial charge in [0.25, 0.3) is 0 Å². The summed E-state index contributed by atoms with van der Waals surface area (Å²) < 4.78 is 9.06. The number of carbonyl (C=O) groups is 2. The van der Waals surface area contributed by atoms with Crippen LogP contribution in [0.25, 0.3) is 0 Å². The van der Waals surface area contributed by atoms with Crippen molar-refractivity contribution in [1.29, 1.82) is 0 Å². The predicted molar refractivity (Wildman–Crippen MR) is 49.2 cm³/mol. The van der Waals surface area contributed by atoms with Crippen molar-refractivity contribution in [2.24, 2.45) is 0 Å². The van der Waals surface area contributed by atoms with Gasteiger partial charge in [-0.25, -0.2) is 4.79 Å². The lowest BCUT2D eigenvalue weighted by molar-refractivity contribution is -0.107. The first-order valence-electron chi connectivity index (χ1n) is 4.04. The summed E-state index contributed by atoms with van der Waals surface area (Å²) in [6, 6.07) is 6.64. The fourth-order valence-electron chi connectivity index (χ4n) is 0.928. The molecule has 14 heavy (non-hydrogen) atoms. The van der Waals surface area contributed by atoms with Crippen molar-refractivity contribution < 1.29 is 19.1 Å². The molecule has 1 aromatic carbocycles. The summed E-state index contributed by atoms with van der Waals surface area (Å²) in [5, 5.41) is 0. The average molecular weight is 194 g/mol. The molecule has 4 heteroatoms. The average Bonchev–Trinajstić information content (AvgIpc) is 2.21. The molecular weight excluding hydrogens is 184 g/mol. The lowest BCUT2D eigenvalue weighted by Gasteiger charge is -2.02. The van der Waals surface area contributed by atoms with Gasteiger partial charge in [-0.15, -0.1) is 0 Å². The Hall–Kier alpha value is -1.84. The van der Waals surface area contributed by atoms with Crippen molar-refractivity contribution in [2.45, 2.75) is 6.42 Å². The van der Waals surface area contributed by atoms with Gasteiger partial charge in [0.05, 0.1) is 7.11 Å². The lowest BCUT2D eigenvalue weighted by atomic mass is 10.2. The van der Waals surface area contributed by atoms with Crippen molar-refractivity contribution >= 4 is 12.4 Å². The predicted octanol–water partition coefficient (Wildman–Crippen LogP) is 1.57. The highest BCUT2D eigenvalue weighted by atomic mass is 16.7. The number of ether oxygens (including phenoxy) is 2. The van der Waals surface area contributed by atoms with Crippen molar-refractivity contribution in [3.05, 3.63) is 29.8 Å². The van der Waals surface area contributed by atoms with Crippen LogP contribution in [0.5, 0.6) is 5.75 Å². The number of hydrogen-bond donors (Lipinski definition) is 0. The van der Waals surface area contributed by atoms with E-state index in [-0.39, 0.29) is 0 Å². The van der Waals surface area contributed by atoms with E-state index in [9.17, 15) is 9.59 Å². The minimum atomic E-state index is -0.756. The highest BCUT2D eigenvalue weighted by Gasteiger charge is 2.02. The highest BCUT2D eigenvalue weighted by Crippen LogP contribution is 2.12. The normalized spacial score (nSPS) is 9.21. The van der Waals surface area contributed by atoms with Crippen molar-refractivity contribution in [3.8, 4) is 5.75 Å². The molecule has 0 unspecified atom stereocenters. The minimum absolute atomic E-state index is 0.360. The van der Waals surface area contributed by atoms with Gasteiger partial charge in [0.2, 0.25) is 0 Å². The number of hydrogen-bond acceptors (Lipinski definition) is 4. The molecule has 74 valence electrons. The first kappa shape index (κ1) is 10.2. The molecule has 1 aromatic rings. The Morgan fingerprint density at radius 3 is 2.50 bits per heavy atom. The van der Waals surface area contributed by atoms with E-state index in [0.717, 1.165) is 11.8 Å². The Labute approximate surface area is 81.4 Å². The highest BCUT2D eigenvalue weighted by molar-refractivity contribution is 5.63. The maximum Gasteiger partial charge on any atom is 0.513 e. The van der Waals surface area contributed by atoms with Crippen molar-refractivity contribution in [2.75, 3.05) is 7.11 Å². The second-order valence-corrected chi connectivity index (χ2v) is 2.57. The van der Waals surface area contributed by atoms with E-state index in [1.54, 1.807) is 24.3 Å². The Kier molecular flexibility index (Phi) is 3.67.